The Labute approximate surface area is 158 Å². The van der Waals surface area contributed by atoms with Gasteiger partial charge in [0.25, 0.3) is 11.8 Å². The van der Waals surface area contributed by atoms with Crippen LogP contribution in [0.2, 0.25) is 0 Å². The first-order chi connectivity index (χ1) is 13.4. The summed E-state index contributed by atoms with van der Waals surface area (Å²) < 4.78 is 27.7. The molecule has 0 atom stereocenters. The fourth-order valence-electron chi connectivity index (χ4n) is 2.77. The van der Waals surface area contributed by atoms with Crippen molar-refractivity contribution in [2.24, 2.45) is 0 Å². The molecule has 28 heavy (non-hydrogen) atoms. The summed E-state index contributed by atoms with van der Waals surface area (Å²) in [4.78, 5) is 40.5. The molecule has 0 saturated heterocycles. The predicted octanol–water partition coefficient (Wildman–Crippen LogP) is 1.66. The topological polar surface area (TPSA) is 96.5 Å². The zero-order chi connectivity index (χ0) is 20.3. The van der Waals surface area contributed by atoms with Crippen LogP contribution >= 0.6 is 0 Å². The number of anilines is 1. The van der Waals surface area contributed by atoms with Gasteiger partial charge in [0.1, 0.15) is 5.70 Å². The first-order valence-electron chi connectivity index (χ1n) is 8.13. The van der Waals surface area contributed by atoms with E-state index in [9.17, 15) is 23.2 Å². The number of rotatable bonds is 6. The molecule has 2 aromatic carbocycles. The minimum atomic E-state index is -1.23. The molecule has 1 aliphatic rings. The Morgan fingerprint density at radius 2 is 1.86 bits per heavy atom. The third-order valence-electron chi connectivity index (χ3n) is 3.93. The summed E-state index contributed by atoms with van der Waals surface area (Å²) >= 11 is 0. The van der Waals surface area contributed by atoms with Crippen LogP contribution in [0.15, 0.2) is 48.2 Å². The van der Waals surface area contributed by atoms with E-state index in [0.29, 0.717) is 11.3 Å². The van der Waals surface area contributed by atoms with Crippen LogP contribution < -0.4 is 16.1 Å². The maximum absolute atomic E-state index is 14.2. The molecule has 0 unspecified atom stereocenters. The second kappa shape index (κ2) is 7.97. The van der Waals surface area contributed by atoms with Crippen molar-refractivity contribution in [1.82, 2.24) is 10.8 Å². The fourth-order valence-corrected chi connectivity index (χ4v) is 2.77. The van der Waals surface area contributed by atoms with E-state index in [1.807, 2.05) is 0 Å². The molecule has 0 aromatic heterocycles. The summed E-state index contributed by atoms with van der Waals surface area (Å²) in [6.45, 7) is 0. The van der Waals surface area contributed by atoms with Gasteiger partial charge in [-0.25, -0.2) is 14.3 Å². The molecule has 0 spiro atoms. The Kier molecular flexibility index (Phi) is 5.46. The third-order valence-corrected chi connectivity index (χ3v) is 3.93. The molecular weight excluding hydrogens is 372 g/mol. The van der Waals surface area contributed by atoms with Gasteiger partial charge in [0.05, 0.1) is 19.1 Å². The second-order valence-corrected chi connectivity index (χ2v) is 5.87. The van der Waals surface area contributed by atoms with Crippen molar-refractivity contribution < 1.29 is 28.0 Å². The molecule has 3 N–H and O–H groups in total. The maximum Gasteiger partial charge on any atom is 0.275 e. The van der Waals surface area contributed by atoms with Crippen LogP contribution in [-0.2, 0) is 25.6 Å². The summed E-state index contributed by atoms with van der Waals surface area (Å²) in [5.41, 5.74) is 2.32. The van der Waals surface area contributed by atoms with E-state index in [1.165, 1.54) is 19.2 Å². The number of imide groups is 1. The van der Waals surface area contributed by atoms with Crippen molar-refractivity contribution in [3.63, 3.8) is 0 Å². The monoisotopic (exact) mass is 387 g/mol. The average molecular weight is 387 g/mol. The summed E-state index contributed by atoms with van der Waals surface area (Å²) in [5, 5.41) is 4.82. The lowest BCUT2D eigenvalue weighted by atomic mass is 10.0. The standard InChI is InChI=1S/C19H15F2N3O4/c1-28-24-14(25)9-10-4-2-5-11(8-10)22-17-15(18(26)23-19(17)27)12-6-3-7-13(20)16(12)21/h2-8H,9H2,1H3,(H,24,25)(H2,22,23,26,27). The Bertz CT molecular complexity index is 1000. The number of hydrogen-bond acceptors (Lipinski definition) is 5. The van der Waals surface area contributed by atoms with Crippen LogP contribution in [0.1, 0.15) is 11.1 Å². The van der Waals surface area contributed by atoms with Crippen LogP contribution in [0.25, 0.3) is 5.57 Å². The number of amides is 3. The number of nitrogens with one attached hydrogen (secondary N) is 3. The predicted molar refractivity (Wildman–Crippen MR) is 95.3 cm³/mol. The molecule has 0 saturated carbocycles. The summed E-state index contributed by atoms with van der Waals surface area (Å²) in [6, 6.07) is 9.85. The highest BCUT2D eigenvalue weighted by molar-refractivity contribution is 6.36. The Hall–Kier alpha value is -3.59. The van der Waals surface area contributed by atoms with Crippen molar-refractivity contribution in [2.45, 2.75) is 6.42 Å². The molecule has 0 bridgehead atoms. The van der Waals surface area contributed by atoms with Crippen molar-refractivity contribution in [2.75, 3.05) is 12.4 Å². The lowest BCUT2D eigenvalue weighted by Crippen LogP contribution is -2.24. The Balaban J connectivity index is 1.96. The smallest absolute Gasteiger partial charge is 0.275 e. The highest BCUT2D eigenvalue weighted by atomic mass is 19.2. The van der Waals surface area contributed by atoms with Gasteiger partial charge in [-0.05, 0) is 23.8 Å². The average Bonchev–Trinajstić information content (AvgIpc) is 2.91. The lowest BCUT2D eigenvalue weighted by molar-refractivity contribution is -0.130. The quantitative estimate of drug-likeness (QED) is 0.518. The van der Waals surface area contributed by atoms with E-state index in [4.69, 9.17) is 0 Å². The van der Waals surface area contributed by atoms with E-state index in [1.54, 1.807) is 24.3 Å². The SMILES string of the molecule is CONC(=O)Cc1cccc(NC2=C(c3cccc(F)c3F)C(=O)NC2=O)c1. The summed E-state index contributed by atoms with van der Waals surface area (Å²) in [5.74, 6) is -4.36. The van der Waals surface area contributed by atoms with Gasteiger partial charge in [-0.15, -0.1) is 0 Å². The van der Waals surface area contributed by atoms with Gasteiger partial charge in [0.15, 0.2) is 11.6 Å². The van der Waals surface area contributed by atoms with E-state index in [-0.39, 0.29) is 29.2 Å². The molecular formula is C19H15F2N3O4. The van der Waals surface area contributed by atoms with E-state index >= 15 is 0 Å². The number of carbonyl (C=O) groups excluding carboxylic acids is 3. The van der Waals surface area contributed by atoms with Crippen LogP contribution in [-0.4, -0.2) is 24.8 Å². The van der Waals surface area contributed by atoms with E-state index in [0.717, 1.165) is 6.07 Å². The number of hydrogen-bond donors (Lipinski definition) is 3. The van der Waals surface area contributed by atoms with Crippen LogP contribution in [0.3, 0.4) is 0 Å². The van der Waals surface area contributed by atoms with Crippen molar-refractivity contribution in [3.05, 3.63) is 70.9 Å². The molecule has 0 radical (unpaired) electrons. The molecule has 7 nitrogen and oxygen atoms in total. The molecule has 0 fully saturated rings. The number of benzene rings is 2. The van der Waals surface area contributed by atoms with Gasteiger partial charge in [0, 0.05) is 11.3 Å². The molecule has 2 aromatic rings. The number of carbonyl (C=O) groups is 3. The maximum atomic E-state index is 14.2. The molecule has 1 aliphatic heterocycles. The minimum Gasteiger partial charge on any atom is -0.350 e. The molecule has 1 heterocycles. The molecule has 9 heteroatoms. The zero-order valence-corrected chi connectivity index (χ0v) is 14.6. The zero-order valence-electron chi connectivity index (χ0n) is 14.6. The fraction of sp³-hybridized carbons (Fsp3) is 0.105. The van der Waals surface area contributed by atoms with Crippen molar-refractivity contribution in [1.29, 1.82) is 0 Å². The molecule has 3 rings (SSSR count). The normalized spacial score (nSPS) is 13.5. The van der Waals surface area contributed by atoms with E-state index in [2.05, 4.69) is 21.0 Å². The Morgan fingerprint density at radius 3 is 2.61 bits per heavy atom. The lowest BCUT2D eigenvalue weighted by Gasteiger charge is -2.10. The first-order valence-corrected chi connectivity index (χ1v) is 8.13. The van der Waals surface area contributed by atoms with Crippen LogP contribution in [0.5, 0.6) is 0 Å². The van der Waals surface area contributed by atoms with E-state index < -0.39 is 23.4 Å². The Morgan fingerprint density at radius 1 is 1.11 bits per heavy atom. The van der Waals surface area contributed by atoms with Crippen molar-refractivity contribution in [3.8, 4) is 0 Å². The van der Waals surface area contributed by atoms with Gasteiger partial charge < -0.3 is 5.32 Å². The second-order valence-electron chi connectivity index (χ2n) is 5.87. The largest absolute Gasteiger partial charge is 0.350 e. The highest BCUT2D eigenvalue weighted by Gasteiger charge is 2.33. The van der Waals surface area contributed by atoms with Crippen LogP contribution in [0.4, 0.5) is 14.5 Å². The van der Waals surface area contributed by atoms with Gasteiger partial charge in [-0.1, -0.05) is 24.3 Å². The number of hydroxylamine groups is 1. The first kappa shape index (κ1) is 19.2. The third kappa shape index (κ3) is 3.89. The van der Waals surface area contributed by atoms with Gasteiger partial charge in [-0.3, -0.25) is 24.5 Å². The van der Waals surface area contributed by atoms with Gasteiger partial charge >= 0.3 is 0 Å². The van der Waals surface area contributed by atoms with Crippen molar-refractivity contribution >= 4 is 29.0 Å². The summed E-state index contributed by atoms with van der Waals surface area (Å²) in [7, 11) is 1.31. The molecule has 144 valence electrons. The molecule has 3 amide bonds. The number of halogens is 2. The van der Waals surface area contributed by atoms with Gasteiger partial charge in [0.2, 0.25) is 5.91 Å². The highest BCUT2D eigenvalue weighted by Crippen LogP contribution is 2.28. The minimum absolute atomic E-state index is 0.0128. The summed E-state index contributed by atoms with van der Waals surface area (Å²) in [6.07, 6.45) is 0.0128. The van der Waals surface area contributed by atoms with Crippen LogP contribution in [0, 0.1) is 11.6 Å². The van der Waals surface area contributed by atoms with Gasteiger partial charge in [-0.2, -0.15) is 0 Å². The molecule has 0 aliphatic carbocycles.